The lowest BCUT2D eigenvalue weighted by molar-refractivity contribution is 0.458. The highest BCUT2D eigenvalue weighted by atomic mass is 79.9. The van der Waals surface area contributed by atoms with Crippen molar-refractivity contribution in [3.63, 3.8) is 0 Å². The van der Waals surface area contributed by atoms with Crippen molar-refractivity contribution in [1.82, 2.24) is 5.32 Å². The maximum atomic E-state index is 10.1. The Morgan fingerprint density at radius 1 is 1.40 bits per heavy atom. The van der Waals surface area contributed by atoms with Crippen molar-refractivity contribution in [3.05, 3.63) is 44.6 Å². The SMILES string of the molecule is CNC(C)c1ccc(N(C)Cc2cc(Br)cs2)cc1O. The zero-order valence-electron chi connectivity index (χ0n) is 11.9. The molecule has 1 aromatic heterocycles. The number of phenolic OH excluding ortho intramolecular Hbond substituents is 1. The van der Waals surface area contributed by atoms with Gasteiger partial charge in [-0.2, -0.15) is 0 Å². The minimum Gasteiger partial charge on any atom is -0.508 e. The molecule has 0 spiro atoms. The third-order valence-electron chi connectivity index (χ3n) is 3.37. The van der Waals surface area contributed by atoms with Gasteiger partial charge in [-0.05, 0) is 42.0 Å². The number of phenols is 1. The largest absolute Gasteiger partial charge is 0.508 e. The first-order chi connectivity index (χ1) is 9.51. The third-order valence-corrected chi connectivity index (χ3v) is 5.05. The van der Waals surface area contributed by atoms with Crippen LogP contribution in [-0.4, -0.2) is 19.2 Å². The maximum Gasteiger partial charge on any atom is 0.122 e. The molecule has 1 heterocycles. The highest BCUT2D eigenvalue weighted by molar-refractivity contribution is 9.10. The number of anilines is 1. The smallest absolute Gasteiger partial charge is 0.122 e. The van der Waals surface area contributed by atoms with E-state index in [4.69, 9.17) is 0 Å². The van der Waals surface area contributed by atoms with Gasteiger partial charge in [0.1, 0.15) is 5.75 Å². The first kappa shape index (κ1) is 15.4. The molecule has 0 amide bonds. The normalized spacial score (nSPS) is 12.4. The molecule has 0 saturated heterocycles. The van der Waals surface area contributed by atoms with E-state index in [2.05, 4.69) is 37.6 Å². The van der Waals surface area contributed by atoms with E-state index in [9.17, 15) is 5.11 Å². The molecule has 5 heteroatoms. The Bertz CT molecular complexity index is 585. The number of halogens is 1. The van der Waals surface area contributed by atoms with Gasteiger partial charge in [0.05, 0.1) is 6.54 Å². The highest BCUT2D eigenvalue weighted by Gasteiger charge is 2.11. The Balaban J connectivity index is 2.14. The van der Waals surface area contributed by atoms with Crippen LogP contribution in [0.2, 0.25) is 0 Å². The first-order valence-electron chi connectivity index (χ1n) is 6.45. The van der Waals surface area contributed by atoms with Gasteiger partial charge in [-0.1, -0.05) is 6.07 Å². The third kappa shape index (κ3) is 3.53. The molecule has 0 aliphatic carbocycles. The summed E-state index contributed by atoms with van der Waals surface area (Å²) in [6.45, 7) is 2.86. The van der Waals surface area contributed by atoms with Crippen LogP contribution < -0.4 is 10.2 Å². The van der Waals surface area contributed by atoms with Crippen LogP contribution in [0, 0.1) is 0 Å². The number of thiophene rings is 1. The fraction of sp³-hybridized carbons (Fsp3) is 0.333. The summed E-state index contributed by atoms with van der Waals surface area (Å²) in [5.74, 6) is 0.337. The van der Waals surface area contributed by atoms with Gasteiger partial charge >= 0.3 is 0 Å². The molecule has 1 aromatic carbocycles. The van der Waals surface area contributed by atoms with Gasteiger partial charge < -0.3 is 15.3 Å². The van der Waals surface area contributed by atoms with Crippen LogP contribution in [0.5, 0.6) is 5.75 Å². The second kappa shape index (κ2) is 6.61. The van der Waals surface area contributed by atoms with Crippen molar-refractivity contribution in [2.45, 2.75) is 19.5 Å². The Morgan fingerprint density at radius 2 is 2.15 bits per heavy atom. The van der Waals surface area contributed by atoms with Gasteiger partial charge in [-0.15, -0.1) is 11.3 Å². The molecule has 0 bridgehead atoms. The van der Waals surface area contributed by atoms with E-state index < -0.39 is 0 Å². The molecule has 0 radical (unpaired) electrons. The van der Waals surface area contributed by atoms with Crippen molar-refractivity contribution in [1.29, 1.82) is 0 Å². The summed E-state index contributed by atoms with van der Waals surface area (Å²) >= 11 is 5.20. The standard InChI is InChI=1S/C15H19BrN2OS/c1-10(17-2)14-5-4-12(7-15(14)19)18(3)8-13-6-11(16)9-20-13/h4-7,9-10,17,19H,8H2,1-3H3. The highest BCUT2D eigenvalue weighted by Crippen LogP contribution is 2.30. The van der Waals surface area contributed by atoms with E-state index in [1.165, 1.54) is 4.88 Å². The minimum atomic E-state index is 0.141. The van der Waals surface area contributed by atoms with Gasteiger partial charge in [0.15, 0.2) is 0 Å². The average Bonchev–Trinajstić information content (AvgIpc) is 2.83. The van der Waals surface area contributed by atoms with Gasteiger partial charge in [-0.25, -0.2) is 0 Å². The van der Waals surface area contributed by atoms with E-state index in [0.717, 1.165) is 22.3 Å². The molecule has 108 valence electrons. The van der Waals surface area contributed by atoms with Crippen molar-refractivity contribution in [3.8, 4) is 5.75 Å². The lowest BCUT2D eigenvalue weighted by Gasteiger charge is -2.20. The molecule has 0 saturated carbocycles. The van der Waals surface area contributed by atoms with Crippen LogP contribution in [0.15, 0.2) is 34.1 Å². The molecule has 1 unspecified atom stereocenters. The van der Waals surface area contributed by atoms with Gasteiger partial charge in [0.25, 0.3) is 0 Å². The summed E-state index contributed by atoms with van der Waals surface area (Å²) in [6.07, 6.45) is 0. The van der Waals surface area contributed by atoms with E-state index in [1.807, 2.05) is 39.2 Å². The Morgan fingerprint density at radius 3 is 2.70 bits per heavy atom. The monoisotopic (exact) mass is 354 g/mol. The zero-order valence-corrected chi connectivity index (χ0v) is 14.3. The van der Waals surface area contributed by atoms with Crippen molar-refractivity contribution in [2.24, 2.45) is 0 Å². The van der Waals surface area contributed by atoms with Crippen LogP contribution in [-0.2, 0) is 6.54 Å². The van der Waals surface area contributed by atoms with E-state index in [-0.39, 0.29) is 6.04 Å². The molecule has 3 nitrogen and oxygen atoms in total. The first-order valence-corrected chi connectivity index (χ1v) is 8.12. The van der Waals surface area contributed by atoms with Crippen LogP contribution in [0.3, 0.4) is 0 Å². The summed E-state index contributed by atoms with van der Waals surface area (Å²) in [5.41, 5.74) is 1.93. The number of nitrogens with one attached hydrogen (secondary N) is 1. The fourth-order valence-electron chi connectivity index (χ4n) is 2.05. The molecule has 2 N–H and O–H groups in total. The average molecular weight is 355 g/mol. The predicted octanol–water partition coefficient (Wildman–Crippen LogP) is 4.13. The van der Waals surface area contributed by atoms with Crippen molar-refractivity contribution in [2.75, 3.05) is 19.0 Å². The number of aromatic hydroxyl groups is 1. The zero-order chi connectivity index (χ0) is 14.7. The molecule has 20 heavy (non-hydrogen) atoms. The fourth-order valence-corrected chi connectivity index (χ4v) is 3.56. The molecule has 0 fully saturated rings. The molecular formula is C15H19BrN2OS. The number of nitrogens with zero attached hydrogens (tertiary/aromatic N) is 1. The van der Waals surface area contributed by atoms with E-state index in [1.54, 1.807) is 11.3 Å². The lowest BCUT2D eigenvalue weighted by Crippen LogP contribution is -2.16. The molecule has 0 aliphatic rings. The topological polar surface area (TPSA) is 35.5 Å². The summed E-state index contributed by atoms with van der Waals surface area (Å²) in [4.78, 5) is 3.41. The van der Waals surface area contributed by atoms with Crippen LogP contribution in [0.25, 0.3) is 0 Å². The van der Waals surface area contributed by atoms with E-state index >= 15 is 0 Å². The Kier molecular flexibility index (Phi) is 5.07. The number of benzene rings is 1. The minimum absolute atomic E-state index is 0.141. The summed E-state index contributed by atoms with van der Waals surface area (Å²) in [5, 5.41) is 15.4. The second-order valence-electron chi connectivity index (χ2n) is 4.84. The molecule has 0 aliphatic heterocycles. The molecule has 1 atom stereocenters. The second-order valence-corrected chi connectivity index (χ2v) is 6.75. The van der Waals surface area contributed by atoms with Gasteiger partial charge in [0, 0.05) is 45.1 Å². The van der Waals surface area contributed by atoms with Crippen LogP contribution in [0.1, 0.15) is 23.4 Å². The van der Waals surface area contributed by atoms with Crippen molar-refractivity contribution >= 4 is 33.0 Å². The Labute approximate surface area is 132 Å². The number of hydrogen-bond acceptors (Lipinski definition) is 4. The van der Waals surface area contributed by atoms with Crippen LogP contribution >= 0.6 is 27.3 Å². The Hall–Kier alpha value is -1.04. The number of rotatable bonds is 5. The van der Waals surface area contributed by atoms with Gasteiger partial charge in [0.2, 0.25) is 0 Å². The van der Waals surface area contributed by atoms with E-state index in [0.29, 0.717) is 5.75 Å². The summed E-state index contributed by atoms with van der Waals surface area (Å²) in [7, 11) is 3.92. The maximum absolute atomic E-state index is 10.1. The lowest BCUT2D eigenvalue weighted by atomic mass is 10.1. The van der Waals surface area contributed by atoms with Gasteiger partial charge in [-0.3, -0.25) is 0 Å². The predicted molar refractivity (Wildman–Crippen MR) is 89.7 cm³/mol. The van der Waals surface area contributed by atoms with Crippen molar-refractivity contribution < 1.29 is 5.11 Å². The molecular weight excluding hydrogens is 336 g/mol. The summed E-state index contributed by atoms with van der Waals surface area (Å²) < 4.78 is 1.12. The quantitative estimate of drug-likeness (QED) is 0.847. The molecule has 2 aromatic rings. The summed E-state index contributed by atoms with van der Waals surface area (Å²) in [6, 6.07) is 8.12. The number of hydrogen-bond donors (Lipinski definition) is 2. The molecule has 2 rings (SSSR count). The van der Waals surface area contributed by atoms with Crippen LogP contribution in [0.4, 0.5) is 5.69 Å².